The summed E-state index contributed by atoms with van der Waals surface area (Å²) in [5.74, 6) is 0.690. The lowest BCUT2D eigenvalue weighted by Crippen LogP contribution is -2.24. The molecule has 0 bridgehead atoms. The first kappa shape index (κ1) is 13.9. The normalized spacial score (nSPS) is 10.6. The minimum atomic E-state index is -0.00312. The topological polar surface area (TPSA) is 29.1 Å². The highest BCUT2D eigenvalue weighted by Gasteiger charge is 2.05. The van der Waals surface area contributed by atoms with E-state index in [9.17, 15) is 4.79 Å². The third-order valence-corrected chi connectivity index (χ3v) is 3.37. The van der Waals surface area contributed by atoms with Gasteiger partial charge in [0.05, 0.1) is 0 Å². The van der Waals surface area contributed by atoms with E-state index >= 15 is 0 Å². The van der Waals surface area contributed by atoms with Crippen molar-refractivity contribution in [3.63, 3.8) is 0 Å². The van der Waals surface area contributed by atoms with Gasteiger partial charge in [0.15, 0.2) is 0 Å². The molecule has 0 aliphatic carbocycles. The van der Waals surface area contributed by atoms with Crippen LogP contribution in [0.25, 0.3) is 10.8 Å². The number of unbranched alkanes of at least 4 members (excludes halogenated alkanes) is 2. The van der Waals surface area contributed by atoms with Crippen LogP contribution in [-0.2, 0) is 0 Å². The maximum Gasteiger partial charge on any atom is 0.251 e. The zero-order valence-electron chi connectivity index (χ0n) is 10.9. The molecule has 100 valence electrons. The van der Waals surface area contributed by atoms with E-state index in [4.69, 9.17) is 11.6 Å². The van der Waals surface area contributed by atoms with E-state index in [1.807, 2.05) is 42.5 Å². The molecule has 0 saturated carbocycles. The van der Waals surface area contributed by atoms with Crippen molar-refractivity contribution >= 4 is 28.3 Å². The molecule has 0 unspecified atom stereocenters. The van der Waals surface area contributed by atoms with Crippen molar-refractivity contribution in [2.45, 2.75) is 19.3 Å². The molecule has 0 aromatic heterocycles. The Morgan fingerprint density at radius 1 is 1.00 bits per heavy atom. The Bertz CT molecular complexity index is 553. The monoisotopic (exact) mass is 275 g/mol. The lowest BCUT2D eigenvalue weighted by atomic mass is 10.1. The summed E-state index contributed by atoms with van der Waals surface area (Å²) >= 11 is 5.61. The Balaban J connectivity index is 1.93. The Hall–Kier alpha value is -1.54. The van der Waals surface area contributed by atoms with Gasteiger partial charge in [0.1, 0.15) is 0 Å². The van der Waals surface area contributed by atoms with Gasteiger partial charge in [-0.05, 0) is 35.7 Å². The first-order valence-electron chi connectivity index (χ1n) is 6.64. The average Bonchev–Trinajstić information content (AvgIpc) is 2.46. The molecule has 0 radical (unpaired) electrons. The van der Waals surface area contributed by atoms with Gasteiger partial charge in [-0.1, -0.05) is 36.8 Å². The minimum Gasteiger partial charge on any atom is -0.352 e. The van der Waals surface area contributed by atoms with E-state index in [-0.39, 0.29) is 5.91 Å². The standard InChI is InChI=1S/C16H18ClNO/c17-10-4-1-5-11-18-16(19)15-9-8-13-6-2-3-7-14(13)12-15/h2-3,6-9,12H,1,4-5,10-11H2,(H,18,19). The minimum absolute atomic E-state index is 0.00312. The highest BCUT2D eigenvalue weighted by molar-refractivity contribution is 6.17. The van der Waals surface area contributed by atoms with Crippen LogP contribution in [0.3, 0.4) is 0 Å². The lowest BCUT2D eigenvalue weighted by molar-refractivity contribution is 0.0953. The smallest absolute Gasteiger partial charge is 0.251 e. The van der Waals surface area contributed by atoms with Gasteiger partial charge in [-0.3, -0.25) is 4.79 Å². The number of hydrogen-bond acceptors (Lipinski definition) is 1. The maximum atomic E-state index is 12.0. The fourth-order valence-corrected chi connectivity index (χ4v) is 2.22. The molecule has 2 aromatic rings. The molecule has 0 atom stereocenters. The van der Waals surface area contributed by atoms with Gasteiger partial charge < -0.3 is 5.32 Å². The summed E-state index contributed by atoms with van der Waals surface area (Å²) in [6, 6.07) is 13.8. The van der Waals surface area contributed by atoms with Crippen LogP contribution in [-0.4, -0.2) is 18.3 Å². The zero-order valence-corrected chi connectivity index (χ0v) is 11.6. The number of nitrogens with one attached hydrogen (secondary N) is 1. The molecular weight excluding hydrogens is 258 g/mol. The quantitative estimate of drug-likeness (QED) is 0.627. The number of alkyl halides is 1. The van der Waals surface area contributed by atoms with Crippen LogP contribution in [0.1, 0.15) is 29.6 Å². The number of amides is 1. The van der Waals surface area contributed by atoms with Crippen LogP contribution in [0.5, 0.6) is 0 Å². The van der Waals surface area contributed by atoms with Crippen LogP contribution in [0, 0.1) is 0 Å². The van der Waals surface area contributed by atoms with E-state index in [1.165, 1.54) is 0 Å². The zero-order chi connectivity index (χ0) is 13.5. The Morgan fingerprint density at radius 3 is 2.58 bits per heavy atom. The van der Waals surface area contributed by atoms with Crippen molar-refractivity contribution < 1.29 is 4.79 Å². The van der Waals surface area contributed by atoms with Gasteiger partial charge in [0, 0.05) is 18.0 Å². The number of rotatable bonds is 6. The van der Waals surface area contributed by atoms with Crippen molar-refractivity contribution in [1.29, 1.82) is 0 Å². The fourth-order valence-electron chi connectivity index (χ4n) is 2.03. The van der Waals surface area contributed by atoms with E-state index < -0.39 is 0 Å². The molecule has 0 aliphatic heterocycles. The van der Waals surface area contributed by atoms with Crippen LogP contribution >= 0.6 is 11.6 Å². The summed E-state index contributed by atoms with van der Waals surface area (Å²) in [6.45, 7) is 0.711. The molecule has 2 nitrogen and oxygen atoms in total. The van der Waals surface area contributed by atoms with Gasteiger partial charge in [-0.25, -0.2) is 0 Å². The van der Waals surface area contributed by atoms with Crippen LogP contribution in [0.2, 0.25) is 0 Å². The largest absolute Gasteiger partial charge is 0.352 e. The van der Waals surface area contributed by atoms with Crippen LogP contribution in [0.15, 0.2) is 42.5 Å². The molecule has 0 heterocycles. The van der Waals surface area contributed by atoms with Gasteiger partial charge in [-0.15, -0.1) is 11.6 Å². The average molecular weight is 276 g/mol. The van der Waals surface area contributed by atoms with Gasteiger partial charge in [-0.2, -0.15) is 0 Å². The molecule has 0 saturated heterocycles. The number of hydrogen-bond donors (Lipinski definition) is 1. The third kappa shape index (κ3) is 3.97. The second kappa shape index (κ2) is 7.15. The Morgan fingerprint density at radius 2 is 1.79 bits per heavy atom. The summed E-state index contributed by atoms with van der Waals surface area (Å²) in [5.41, 5.74) is 0.719. The van der Waals surface area contributed by atoms with E-state index in [1.54, 1.807) is 0 Å². The number of carbonyl (C=O) groups excluding carboxylic acids is 1. The molecule has 0 fully saturated rings. The van der Waals surface area contributed by atoms with Crippen LogP contribution in [0.4, 0.5) is 0 Å². The van der Waals surface area contributed by atoms with Crippen molar-refractivity contribution in [2.75, 3.05) is 12.4 Å². The summed E-state index contributed by atoms with van der Waals surface area (Å²) in [4.78, 5) is 12.0. The fraction of sp³-hybridized carbons (Fsp3) is 0.312. The summed E-state index contributed by atoms with van der Waals surface area (Å²) in [7, 11) is 0. The highest BCUT2D eigenvalue weighted by Crippen LogP contribution is 2.15. The SMILES string of the molecule is O=C(NCCCCCCl)c1ccc2ccccc2c1. The molecule has 19 heavy (non-hydrogen) atoms. The first-order chi connectivity index (χ1) is 9.31. The molecule has 2 rings (SSSR count). The van der Waals surface area contributed by atoms with Crippen molar-refractivity contribution in [3.8, 4) is 0 Å². The van der Waals surface area contributed by atoms with E-state index in [2.05, 4.69) is 5.32 Å². The lowest BCUT2D eigenvalue weighted by Gasteiger charge is -2.06. The number of benzene rings is 2. The van der Waals surface area contributed by atoms with Gasteiger partial charge in [0.25, 0.3) is 5.91 Å². The summed E-state index contributed by atoms with van der Waals surface area (Å²) < 4.78 is 0. The Kier molecular flexibility index (Phi) is 5.22. The number of carbonyl (C=O) groups is 1. The first-order valence-corrected chi connectivity index (χ1v) is 7.17. The molecular formula is C16H18ClNO. The van der Waals surface area contributed by atoms with E-state index in [0.717, 1.165) is 35.6 Å². The second-order valence-electron chi connectivity index (χ2n) is 4.57. The summed E-state index contributed by atoms with van der Waals surface area (Å²) in [6.07, 6.45) is 3.04. The number of halogens is 1. The molecule has 1 amide bonds. The van der Waals surface area contributed by atoms with E-state index in [0.29, 0.717) is 12.4 Å². The van der Waals surface area contributed by atoms with Crippen molar-refractivity contribution in [2.24, 2.45) is 0 Å². The second-order valence-corrected chi connectivity index (χ2v) is 4.95. The van der Waals surface area contributed by atoms with Gasteiger partial charge in [0.2, 0.25) is 0 Å². The molecule has 0 aliphatic rings. The predicted molar refractivity (Wildman–Crippen MR) is 80.9 cm³/mol. The predicted octanol–water partition coefficient (Wildman–Crippen LogP) is 3.98. The molecule has 0 spiro atoms. The van der Waals surface area contributed by atoms with Crippen molar-refractivity contribution in [1.82, 2.24) is 5.32 Å². The molecule has 3 heteroatoms. The van der Waals surface area contributed by atoms with Crippen LogP contribution < -0.4 is 5.32 Å². The highest BCUT2D eigenvalue weighted by atomic mass is 35.5. The van der Waals surface area contributed by atoms with Crippen molar-refractivity contribution in [3.05, 3.63) is 48.0 Å². The third-order valence-electron chi connectivity index (χ3n) is 3.11. The Labute approximate surface area is 118 Å². The maximum absolute atomic E-state index is 12.0. The summed E-state index contributed by atoms with van der Waals surface area (Å²) in [5, 5.41) is 5.19. The molecule has 2 aromatic carbocycles. The number of fused-ring (bicyclic) bond motifs is 1. The molecule has 1 N–H and O–H groups in total. The van der Waals surface area contributed by atoms with Gasteiger partial charge >= 0.3 is 0 Å².